The molecule has 0 aliphatic carbocycles. The molecule has 3 aromatic rings. The summed E-state index contributed by atoms with van der Waals surface area (Å²) in [6.45, 7) is 5.12. The molecule has 0 heterocycles. The maximum Gasteiger partial charge on any atom is 0.264 e. The van der Waals surface area contributed by atoms with E-state index in [9.17, 15) is 22.4 Å². The second kappa shape index (κ2) is 12.9. The second-order valence-corrected chi connectivity index (χ2v) is 11.2. The molecule has 0 aromatic heterocycles. The van der Waals surface area contributed by atoms with E-state index in [0.29, 0.717) is 23.6 Å². The molecule has 0 saturated heterocycles. The molecule has 3 aromatic carbocycles. The summed E-state index contributed by atoms with van der Waals surface area (Å²) in [5.74, 6) is -1.54. The first-order chi connectivity index (χ1) is 18.0. The standard InChI is InChI=1S/C28H31ClFN3O4S/c1-4-17-31-28(35)21(3)32(18-22-7-5-6-8-26(22)29)27(34)19-33(24-13-11-23(30)12-14-24)38(36,37)25-15-9-20(2)10-16-25/h5-16,21H,4,17-19H2,1-3H3,(H,31,35). The lowest BCUT2D eigenvalue weighted by Crippen LogP contribution is -2.51. The molecule has 3 rings (SSSR count). The smallest absolute Gasteiger partial charge is 0.264 e. The van der Waals surface area contributed by atoms with Crippen LogP contribution in [0.25, 0.3) is 0 Å². The van der Waals surface area contributed by atoms with E-state index in [-0.39, 0.29) is 23.0 Å². The summed E-state index contributed by atoms with van der Waals surface area (Å²) in [4.78, 5) is 27.9. The first-order valence-corrected chi connectivity index (χ1v) is 14.0. The molecule has 0 aliphatic heterocycles. The summed E-state index contributed by atoms with van der Waals surface area (Å²) in [5.41, 5.74) is 1.58. The van der Waals surface area contributed by atoms with Crippen LogP contribution in [0.1, 0.15) is 31.4 Å². The lowest BCUT2D eigenvalue weighted by Gasteiger charge is -2.32. The first kappa shape index (κ1) is 29.1. The van der Waals surface area contributed by atoms with Crippen molar-refractivity contribution in [3.63, 3.8) is 0 Å². The van der Waals surface area contributed by atoms with E-state index < -0.39 is 34.3 Å². The Morgan fingerprint density at radius 2 is 1.63 bits per heavy atom. The van der Waals surface area contributed by atoms with Crippen LogP contribution in [0.3, 0.4) is 0 Å². The van der Waals surface area contributed by atoms with Crippen LogP contribution in [-0.4, -0.2) is 44.3 Å². The van der Waals surface area contributed by atoms with Crippen molar-refractivity contribution >= 4 is 39.1 Å². The molecule has 1 N–H and O–H groups in total. The predicted octanol–water partition coefficient (Wildman–Crippen LogP) is 4.93. The van der Waals surface area contributed by atoms with Gasteiger partial charge < -0.3 is 10.2 Å². The van der Waals surface area contributed by atoms with Crippen molar-refractivity contribution in [3.8, 4) is 0 Å². The van der Waals surface area contributed by atoms with Gasteiger partial charge in [-0.15, -0.1) is 0 Å². The number of anilines is 1. The SMILES string of the molecule is CCCNC(=O)C(C)N(Cc1ccccc1Cl)C(=O)CN(c1ccc(F)cc1)S(=O)(=O)c1ccc(C)cc1. The van der Waals surface area contributed by atoms with Gasteiger partial charge in [-0.05, 0) is 68.3 Å². The number of sulfonamides is 1. The lowest BCUT2D eigenvalue weighted by atomic mass is 10.1. The van der Waals surface area contributed by atoms with Crippen molar-refractivity contribution in [1.82, 2.24) is 10.2 Å². The number of halogens is 2. The maximum absolute atomic E-state index is 13.8. The summed E-state index contributed by atoms with van der Waals surface area (Å²) >= 11 is 6.34. The Kier molecular flexibility index (Phi) is 9.88. The lowest BCUT2D eigenvalue weighted by molar-refractivity contribution is -0.139. The van der Waals surface area contributed by atoms with Crippen LogP contribution in [-0.2, 0) is 26.2 Å². The van der Waals surface area contributed by atoms with Gasteiger partial charge in [-0.2, -0.15) is 0 Å². The summed E-state index contributed by atoms with van der Waals surface area (Å²) in [7, 11) is -4.22. The maximum atomic E-state index is 13.8. The third kappa shape index (κ3) is 7.11. The van der Waals surface area contributed by atoms with Crippen molar-refractivity contribution < 1.29 is 22.4 Å². The third-order valence-electron chi connectivity index (χ3n) is 6.02. The number of nitrogens with one attached hydrogen (secondary N) is 1. The highest BCUT2D eigenvalue weighted by molar-refractivity contribution is 7.92. The van der Waals surface area contributed by atoms with Crippen LogP contribution in [0.5, 0.6) is 0 Å². The number of hydrogen-bond acceptors (Lipinski definition) is 4. The van der Waals surface area contributed by atoms with E-state index in [1.807, 2.05) is 13.8 Å². The molecule has 0 fully saturated rings. The molecular weight excluding hydrogens is 529 g/mol. The predicted molar refractivity (Wildman–Crippen MR) is 147 cm³/mol. The Morgan fingerprint density at radius 3 is 2.24 bits per heavy atom. The van der Waals surface area contributed by atoms with Gasteiger partial charge in [-0.3, -0.25) is 13.9 Å². The topological polar surface area (TPSA) is 86.8 Å². The minimum atomic E-state index is -4.22. The Morgan fingerprint density at radius 1 is 1.00 bits per heavy atom. The van der Waals surface area contributed by atoms with Gasteiger partial charge in [-0.1, -0.05) is 54.4 Å². The van der Waals surface area contributed by atoms with Gasteiger partial charge in [-0.25, -0.2) is 12.8 Å². The highest BCUT2D eigenvalue weighted by Gasteiger charge is 2.32. The summed E-state index contributed by atoms with van der Waals surface area (Å²) in [6, 6.07) is 17.1. The van der Waals surface area contributed by atoms with Crippen LogP contribution in [0, 0.1) is 12.7 Å². The van der Waals surface area contributed by atoms with E-state index in [1.165, 1.54) is 29.2 Å². The third-order valence-corrected chi connectivity index (χ3v) is 8.17. The van der Waals surface area contributed by atoms with Gasteiger partial charge in [0.1, 0.15) is 18.4 Å². The van der Waals surface area contributed by atoms with Gasteiger partial charge in [0.25, 0.3) is 10.0 Å². The van der Waals surface area contributed by atoms with Gasteiger partial charge in [0, 0.05) is 18.1 Å². The zero-order valence-corrected chi connectivity index (χ0v) is 23.1. The van der Waals surface area contributed by atoms with E-state index in [2.05, 4.69) is 5.32 Å². The molecule has 202 valence electrons. The summed E-state index contributed by atoms with van der Waals surface area (Å²) < 4.78 is 42.0. The van der Waals surface area contributed by atoms with Crippen molar-refractivity contribution in [2.75, 3.05) is 17.4 Å². The Labute approximate surface area is 228 Å². The minimum Gasteiger partial charge on any atom is -0.354 e. The van der Waals surface area contributed by atoms with E-state index >= 15 is 0 Å². The Bertz CT molecular complexity index is 1370. The van der Waals surface area contributed by atoms with E-state index in [1.54, 1.807) is 43.3 Å². The number of hydrogen-bond donors (Lipinski definition) is 1. The van der Waals surface area contributed by atoms with Crippen molar-refractivity contribution in [3.05, 3.63) is 94.8 Å². The highest BCUT2D eigenvalue weighted by Crippen LogP contribution is 2.26. The molecule has 7 nitrogen and oxygen atoms in total. The molecule has 0 aliphatic rings. The van der Waals surface area contributed by atoms with Gasteiger partial charge >= 0.3 is 0 Å². The Balaban J connectivity index is 2.02. The molecule has 2 amide bonds. The molecule has 0 bridgehead atoms. The number of benzene rings is 3. The fourth-order valence-electron chi connectivity index (χ4n) is 3.76. The minimum absolute atomic E-state index is 0.0128. The fourth-order valence-corrected chi connectivity index (χ4v) is 5.37. The Hall–Kier alpha value is -3.43. The average Bonchev–Trinajstić information content (AvgIpc) is 2.90. The van der Waals surface area contributed by atoms with Crippen LogP contribution >= 0.6 is 11.6 Å². The summed E-state index contributed by atoms with van der Waals surface area (Å²) in [5, 5.41) is 3.19. The molecule has 0 saturated carbocycles. The van der Waals surface area contributed by atoms with Crippen molar-refractivity contribution in [1.29, 1.82) is 0 Å². The van der Waals surface area contributed by atoms with Gasteiger partial charge in [0.05, 0.1) is 10.6 Å². The second-order valence-electron chi connectivity index (χ2n) is 8.88. The number of carbonyl (C=O) groups excluding carboxylic acids is 2. The number of rotatable bonds is 11. The summed E-state index contributed by atoms with van der Waals surface area (Å²) in [6.07, 6.45) is 0.712. The van der Waals surface area contributed by atoms with Crippen molar-refractivity contribution in [2.24, 2.45) is 0 Å². The quantitative estimate of drug-likeness (QED) is 0.361. The monoisotopic (exact) mass is 559 g/mol. The normalized spacial score (nSPS) is 12.0. The van der Waals surface area contributed by atoms with Crippen LogP contribution in [0.4, 0.5) is 10.1 Å². The number of nitrogens with zero attached hydrogens (tertiary/aromatic N) is 2. The number of amides is 2. The van der Waals surface area contributed by atoms with Gasteiger partial charge in [0.2, 0.25) is 11.8 Å². The van der Waals surface area contributed by atoms with Gasteiger partial charge in [0.15, 0.2) is 0 Å². The molecule has 1 atom stereocenters. The molecule has 0 radical (unpaired) electrons. The molecular formula is C28H31ClFN3O4S. The molecule has 38 heavy (non-hydrogen) atoms. The number of carbonyl (C=O) groups is 2. The number of aryl methyl sites for hydroxylation is 1. The van der Waals surface area contributed by atoms with Crippen LogP contribution in [0.2, 0.25) is 5.02 Å². The zero-order chi connectivity index (χ0) is 27.9. The van der Waals surface area contributed by atoms with E-state index in [4.69, 9.17) is 11.6 Å². The largest absolute Gasteiger partial charge is 0.354 e. The molecule has 10 heteroatoms. The fraction of sp³-hybridized carbons (Fsp3) is 0.286. The molecule has 1 unspecified atom stereocenters. The molecule has 0 spiro atoms. The van der Waals surface area contributed by atoms with Crippen LogP contribution < -0.4 is 9.62 Å². The average molecular weight is 560 g/mol. The zero-order valence-electron chi connectivity index (χ0n) is 21.5. The van der Waals surface area contributed by atoms with Crippen LogP contribution in [0.15, 0.2) is 77.7 Å². The highest BCUT2D eigenvalue weighted by atomic mass is 35.5. The van der Waals surface area contributed by atoms with E-state index in [0.717, 1.165) is 22.0 Å². The van der Waals surface area contributed by atoms with Crippen molar-refractivity contribution in [2.45, 2.75) is 44.7 Å². The first-order valence-electron chi connectivity index (χ1n) is 12.2.